The summed E-state index contributed by atoms with van der Waals surface area (Å²) in [5.41, 5.74) is 25.6. The molecule has 0 saturated carbocycles. The molecule has 0 aliphatic carbocycles. The van der Waals surface area contributed by atoms with Gasteiger partial charge >= 0.3 is 42.3 Å². The molecule has 8 heterocycles. The summed E-state index contributed by atoms with van der Waals surface area (Å²) < 4.78 is 142. The number of hydrogen-bond donors (Lipinski definition) is 7. The van der Waals surface area contributed by atoms with E-state index in [0.29, 0.717) is 82.5 Å². The number of imidazole rings is 4. The van der Waals surface area contributed by atoms with Gasteiger partial charge in [-0.05, 0) is 96.9 Å². The monoisotopic (exact) mass is 1580 g/mol. The number of nitrogens with one attached hydrogen (secondary N) is 1. The average molecular weight is 1590 g/mol. The van der Waals surface area contributed by atoms with Crippen molar-refractivity contribution in [2.75, 3.05) is 101 Å². The van der Waals surface area contributed by atoms with Crippen LogP contribution < -0.4 is 22.9 Å². The van der Waals surface area contributed by atoms with Gasteiger partial charge < -0.3 is 97.9 Å². The first-order chi connectivity index (χ1) is 48.9. The van der Waals surface area contributed by atoms with Crippen molar-refractivity contribution in [3.8, 4) is 0 Å². The van der Waals surface area contributed by atoms with E-state index in [1.807, 2.05) is 0 Å². The fraction of sp³-hybridized carbons (Fsp3) is 0.614. The van der Waals surface area contributed by atoms with Gasteiger partial charge in [0.25, 0.3) is 10.1 Å². The zero-order valence-electron chi connectivity index (χ0n) is 61.0. The number of carbonyl (C=O) groups excluding carboxylic acids is 2. The zero-order chi connectivity index (χ0) is 78.6. The molecule has 0 atom stereocenters. The molecule has 0 fully saturated rings. The van der Waals surface area contributed by atoms with Gasteiger partial charge in [0.1, 0.15) is 72.8 Å². The highest BCUT2D eigenvalue weighted by molar-refractivity contribution is 7.86. The minimum atomic E-state index is -4.12. The van der Waals surface area contributed by atoms with Crippen LogP contribution in [-0.4, -0.2) is 211 Å². The zero-order valence-corrected chi connectivity index (χ0v) is 65.4. The second-order valence-corrected chi connectivity index (χ2v) is 34.1. The smallest absolute Gasteiger partial charge is 0.361 e. The van der Waals surface area contributed by atoms with Crippen molar-refractivity contribution in [1.82, 2.24) is 78.5 Å². The Kier molecular flexibility index (Phi) is 35.8. The van der Waals surface area contributed by atoms with E-state index in [1.54, 1.807) is 117 Å². The number of esters is 2. The summed E-state index contributed by atoms with van der Waals surface area (Å²) in [4.78, 5) is 91.7. The summed E-state index contributed by atoms with van der Waals surface area (Å²) in [7, 11) is -18.2. The second-order valence-electron chi connectivity index (χ2n) is 25.1. The van der Waals surface area contributed by atoms with Gasteiger partial charge in [-0.25, -0.2) is 59.8 Å². The Hall–Kier alpha value is -7.31. The molecule has 0 spiro atoms. The number of anilines is 4. The molecule has 0 bridgehead atoms. The van der Waals surface area contributed by atoms with E-state index < -0.39 is 89.6 Å². The van der Waals surface area contributed by atoms with Crippen LogP contribution in [0.3, 0.4) is 0 Å². The van der Waals surface area contributed by atoms with Crippen molar-refractivity contribution in [3.63, 3.8) is 0 Å². The molecule has 0 aliphatic rings. The number of nitrogen functional groups attached to an aromatic ring is 4. The lowest BCUT2D eigenvalue weighted by molar-refractivity contribution is -0.162. The lowest BCUT2D eigenvalue weighted by atomic mass is 9.98. The number of ether oxygens (including phenoxy) is 6. The number of hydrogen-bond acceptors (Lipinski definition) is 37. The van der Waals surface area contributed by atoms with Crippen LogP contribution in [0, 0.1) is 10.8 Å². The lowest BCUT2D eigenvalue weighted by Gasteiger charge is -2.22. The number of aromatic amines is 1. The highest BCUT2D eigenvalue weighted by Gasteiger charge is 2.32. The molecule has 11 N–H and O–H groups in total. The summed E-state index contributed by atoms with van der Waals surface area (Å²) in [6.07, 6.45) is 10.2. The van der Waals surface area contributed by atoms with Crippen molar-refractivity contribution in [3.05, 3.63) is 50.6 Å². The molecule has 0 unspecified atom stereocenters. The van der Waals surface area contributed by atoms with E-state index in [9.17, 15) is 36.3 Å². The van der Waals surface area contributed by atoms with E-state index >= 15 is 0 Å². The highest BCUT2D eigenvalue weighted by atomic mass is 32.2. The molecule has 48 heteroatoms. The molecular formula is C57H96N20O23P4S. The van der Waals surface area contributed by atoms with Crippen LogP contribution in [0.15, 0.2) is 50.6 Å². The quantitative estimate of drug-likeness (QED) is 0.00722. The first-order valence-electron chi connectivity index (χ1n) is 31.9. The standard InChI is InChI=1S/C20H32N5O8P.C14H24N5O4P.C10H23O7PS.C8H12N5O4P.C5H5N5/c1-19(2,3)17(26)30-11-32-34(28,33-12-31-18(27)20(4,5)6)13-29-8-7-25-10-24-14-15(21)22-9-23-16(14)25;1-10(2)22-24(20,23-11(3)4)9-21-6-5-19-8-18-12-13(15)16-7-17-14(12)19;1-9(2)16-18(11,17-10(3)4)8-14-6-7-15-19(5,12)13;9-7-6-8(11-3-10-7)13(4-12-6)1-2-17-5-18(14,15)16;6-4-3-5(9-1-7-3)10-2-8-4/h9-10H,7-8,11-13H2,1-6H3,(H2,21,22,23);7-8,10-11H,5-6,9H2,1-4H3,(H2,15,16,17);9-10H,6-8H2,1-5H3;3-4H,1-2,5H2,(H2,9,10,11)(H2,14,15,16);1-2H,(H3,6,7,8,9,10). The van der Waals surface area contributed by atoms with Crippen LogP contribution in [0.4, 0.5) is 23.3 Å². The molecule has 43 nitrogen and oxygen atoms in total. The Labute approximate surface area is 605 Å². The van der Waals surface area contributed by atoms with E-state index in [4.69, 9.17) is 88.3 Å². The first kappa shape index (κ1) is 90.1. The number of carbonyl (C=O) groups is 2. The predicted octanol–water partition coefficient (Wildman–Crippen LogP) is 6.60. The minimum absolute atomic E-state index is 0.0139. The van der Waals surface area contributed by atoms with Gasteiger partial charge in [-0.1, -0.05) is 0 Å². The van der Waals surface area contributed by atoms with Crippen molar-refractivity contribution in [2.24, 2.45) is 10.8 Å². The number of rotatable bonds is 35. The number of nitrogens with two attached hydrogens (primary N) is 4. The fourth-order valence-corrected chi connectivity index (χ4v) is 13.1. The van der Waals surface area contributed by atoms with Gasteiger partial charge in [0.15, 0.2) is 45.9 Å². The Morgan fingerprint density at radius 3 is 1.14 bits per heavy atom. The maximum Gasteiger partial charge on any atom is 0.361 e. The van der Waals surface area contributed by atoms with Crippen LogP contribution in [0.5, 0.6) is 0 Å². The molecule has 8 aromatic rings. The third kappa shape index (κ3) is 33.2. The van der Waals surface area contributed by atoms with Crippen molar-refractivity contribution < 1.29 is 106 Å². The topological polar surface area (TPSA) is 586 Å². The van der Waals surface area contributed by atoms with Gasteiger partial charge in [0.2, 0.25) is 13.6 Å². The number of aromatic nitrogens is 16. The lowest BCUT2D eigenvalue weighted by Crippen LogP contribution is -2.25. The Morgan fingerprint density at radius 1 is 0.476 bits per heavy atom. The van der Waals surface area contributed by atoms with Crippen molar-refractivity contribution in [1.29, 1.82) is 0 Å². The summed E-state index contributed by atoms with van der Waals surface area (Å²) in [5, 5.41) is 0. The van der Waals surface area contributed by atoms with Gasteiger partial charge in [0.05, 0.1) is 99.8 Å². The van der Waals surface area contributed by atoms with E-state index in [1.165, 1.54) is 44.3 Å². The second kappa shape index (κ2) is 41.7. The molecule has 0 radical (unpaired) electrons. The molecule has 8 rings (SSSR count). The van der Waals surface area contributed by atoms with Crippen LogP contribution in [-0.2, 0) is 117 Å². The van der Waals surface area contributed by atoms with Crippen LogP contribution in [0.25, 0.3) is 44.7 Å². The Bertz CT molecular complexity index is 4270. The van der Waals surface area contributed by atoms with Gasteiger partial charge in [-0.2, -0.15) is 8.42 Å². The fourth-order valence-electron chi connectivity index (χ4n) is 7.74. The summed E-state index contributed by atoms with van der Waals surface area (Å²) in [5.74, 6) is 0.211. The molecule has 0 saturated heterocycles. The Balaban J connectivity index is 0.000000291. The van der Waals surface area contributed by atoms with Crippen molar-refractivity contribution >= 4 is 120 Å². The highest BCUT2D eigenvalue weighted by Crippen LogP contribution is 2.52. The molecule has 0 aliphatic heterocycles. The molecular weight excluding hydrogens is 1490 g/mol. The largest absolute Gasteiger partial charge is 0.438 e. The number of H-pyrrole nitrogens is 1. The normalized spacial score (nSPS) is 12.5. The number of fused-ring (bicyclic) bond motifs is 4. The van der Waals surface area contributed by atoms with Gasteiger partial charge in [-0.15, -0.1) is 0 Å². The van der Waals surface area contributed by atoms with Crippen LogP contribution >= 0.6 is 30.4 Å². The summed E-state index contributed by atoms with van der Waals surface area (Å²) in [6, 6.07) is 0. The maximum atomic E-state index is 13.1. The van der Waals surface area contributed by atoms with E-state index in [0.717, 1.165) is 6.26 Å². The van der Waals surface area contributed by atoms with E-state index in [2.05, 4.69) is 69.0 Å². The summed E-state index contributed by atoms with van der Waals surface area (Å²) >= 11 is 0. The average Bonchev–Trinajstić information content (AvgIpc) is 1.69. The van der Waals surface area contributed by atoms with Gasteiger partial charge in [0, 0.05) is 19.6 Å². The molecule has 8 aromatic heterocycles. The summed E-state index contributed by atoms with van der Waals surface area (Å²) in [6.45, 7) is 24.5. The molecule has 0 aromatic carbocycles. The number of nitrogens with zero attached hydrogens (tertiary/aromatic N) is 15. The Morgan fingerprint density at radius 2 is 0.810 bits per heavy atom. The van der Waals surface area contributed by atoms with Crippen LogP contribution in [0.2, 0.25) is 0 Å². The maximum absolute atomic E-state index is 13.1. The van der Waals surface area contributed by atoms with Crippen LogP contribution in [0.1, 0.15) is 96.9 Å². The molecule has 588 valence electrons. The predicted molar refractivity (Wildman–Crippen MR) is 382 cm³/mol. The molecule has 105 heavy (non-hydrogen) atoms. The molecule has 0 amide bonds. The first-order valence-corrected chi connectivity index (χ1v) is 40.7. The van der Waals surface area contributed by atoms with Crippen molar-refractivity contribution in [2.45, 2.75) is 141 Å². The van der Waals surface area contributed by atoms with E-state index in [-0.39, 0.29) is 75.2 Å². The van der Waals surface area contributed by atoms with Gasteiger partial charge in [-0.3, -0.25) is 41.1 Å². The third-order valence-electron chi connectivity index (χ3n) is 12.1. The minimum Gasteiger partial charge on any atom is -0.438 e. The third-order valence-corrected chi connectivity index (χ3v) is 18.7. The SMILES string of the molecule is CC(C)(C)C(=O)OCOP(=O)(COCCn1cnc2c(N)ncnc21)OCOC(=O)C(C)(C)C.CC(C)OP(=O)(COCCOS(C)(=O)=O)OC(C)C.CC(C)OP(=O)(COCCn1cnc2c(N)ncnc21)OC(C)C.Nc1ncnc2c1ncn2CCOCP(=O)(O)O.Nc1ncnc2nc[nH]c12.